The summed E-state index contributed by atoms with van der Waals surface area (Å²) < 4.78 is 36.4. The molecular weight excluding hydrogens is 340 g/mol. The molecular formula is C18H18N2O4S. The second-order valence-corrected chi connectivity index (χ2v) is 8.12. The molecule has 0 radical (unpaired) electrons. The topological polar surface area (TPSA) is 68.2 Å². The van der Waals surface area contributed by atoms with Crippen molar-refractivity contribution in [1.29, 1.82) is 0 Å². The van der Waals surface area contributed by atoms with Crippen molar-refractivity contribution in [3.8, 4) is 11.5 Å². The van der Waals surface area contributed by atoms with E-state index < -0.39 is 10.0 Å². The third kappa shape index (κ3) is 2.95. The number of hydrazone groups is 1. The zero-order chi connectivity index (χ0) is 17.6. The van der Waals surface area contributed by atoms with Gasteiger partial charge in [-0.05, 0) is 30.2 Å². The molecule has 0 spiro atoms. The van der Waals surface area contributed by atoms with Crippen LogP contribution in [0.3, 0.4) is 0 Å². The number of hydrogen-bond donors (Lipinski definition) is 0. The Kier molecular flexibility index (Phi) is 3.68. The van der Waals surface area contributed by atoms with Crippen molar-refractivity contribution in [3.05, 3.63) is 59.2 Å². The molecule has 25 heavy (non-hydrogen) atoms. The molecule has 2 heterocycles. The Hall–Kier alpha value is -2.54. The first-order valence-corrected chi connectivity index (χ1v) is 9.80. The van der Waals surface area contributed by atoms with Crippen LogP contribution in [0.15, 0.2) is 47.6 Å². The second-order valence-electron chi connectivity index (χ2n) is 6.28. The molecule has 0 aromatic heterocycles. The quantitative estimate of drug-likeness (QED) is 0.846. The zero-order valence-electron chi connectivity index (χ0n) is 14.0. The minimum absolute atomic E-state index is 0.185. The molecule has 4 rings (SSSR count). The number of sulfonamides is 1. The van der Waals surface area contributed by atoms with Crippen LogP contribution in [-0.4, -0.2) is 31.6 Å². The molecule has 2 aliphatic heterocycles. The van der Waals surface area contributed by atoms with Gasteiger partial charge in [-0.1, -0.05) is 35.9 Å². The van der Waals surface area contributed by atoms with Crippen LogP contribution in [0.4, 0.5) is 0 Å². The van der Waals surface area contributed by atoms with E-state index in [1.165, 1.54) is 10.7 Å². The van der Waals surface area contributed by atoms with Gasteiger partial charge in [0.05, 0.1) is 18.0 Å². The summed E-state index contributed by atoms with van der Waals surface area (Å²) in [5.41, 5.74) is 3.67. The van der Waals surface area contributed by atoms with E-state index in [4.69, 9.17) is 9.47 Å². The Morgan fingerprint density at radius 3 is 2.52 bits per heavy atom. The Bertz CT molecular complexity index is 952. The smallest absolute Gasteiger partial charge is 0.247 e. The average Bonchev–Trinajstić information content (AvgIpc) is 3.21. The summed E-state index contributed by atoms with van der Waals surface area (Å²) in [5.74, 6) is 1.31. The molecule has 7 heteroatoms. The lowest BCUT2D eigenvalue weighted by atomic mass is 9.98. The lowest BCUT2D eigenvalue weighted by Gasteiger charge is -2.21. The first kappa shape index (κ1) is 16.0. The van der Waals surface area contributed by atoms with E-state index in [0.717, 1.165) is 22.4 Å². The van der Waals surface area contributed by atoms with Crippen LogP contribution < -0.4 is 9.47 Å². The predicted octanol–water partition coefficient (Wildman–Crippen LogP) is 2.83. The van der Waals surface area contributed by atoms with Crippen LogP contribution in [0.5, 0.6) is 11.5 Å². The van der Waals surface area contributed by atoms with Gasteiger partial charge in [0.15, 0.2) is 11.5 Å². The van der Waals surface area contributed by atoms with E-state index in [1.54, 1.807) is 0 Å². The Morgan fingerprint density at radius 1 is 1.08 bits per heavy atom. The summed E-state index contributed by atoms with van der Waals surface area (Å²) in [4.78, 5) is 0. The first-order valence-electron chi connectivity index (χ1n) is 7.95. The molecule has 0 amide bonds. The number of aryl methyl sites for hydroxylation is 1. The maximum Gasteiger partial charge on any atom is 0.247 e. The van der Waals surface area contributed by atoms with Crippen LogP contribution in [0.25, 0.3) is 0 Å². The van der Waals surface area contributed by atoms with E-state index in [0.29, 0.717) is 17.9 Å². The van der Waals surface area contributed by atoms with Gasteiger partial charge in [0.1, 0.15) is 0 Å². The molecule has 130 valence electrons. The number of hydrogen-bond acceptors (Lipinski definition) is 5. The van der Waals surface area contributed by atoms with Gasteiger partial charge in [0.2, 0.25) is 16.8 Å². The normalized spacial score (nSPS) is 19.2. The monoisotopic (exact) mass is 358 g/mol. The minimum atomic E-state index is -3.49. The number of rotatable bonds is 3. The number of nitrogens with zero attached hydrogens (tertiary/aromatic N) is 2. The summed E-state index contributed by atoms with van der Waals surface area (Å²) in [6.07, 6.45) is 1.68. The van der Waals surface area contributed by atoms with E-state index in [2.05, 4.69) is 5.10 Å². The van der Waals surface area contributed by atoms with Crippen LogP contribution in [0.1, 0.15) is 29.2 Å². The fourth-order valence-corrected chi connectivity index (χ4v) is 3.99. The van der Waals surface area contributed by atoms with E-state index in [-0.39, 0.29) is 12.8 Å². The molecule has 2 aliphatic rings. The molecule has 0 N–H and O–H groups in total. The average molecular weight is 358 g/mol. The summed E-state index contributed by atoms with van der Waals surface area (Å²) >= 11 is 0. The van der Waals surface area contributed by atoms with Crippen molar-refractivity contribution in [2.75, 3.05) is 13.0 Å². The number of benzene rings is 2. The minimum Gasteiger partial charge on any atom is -0.454 e. The van der Waals surface area contributed by atoms with Gasteiger partial charge < -0.3 is 9.47 Å². The van der Waals surface area contributed by atoms with Gasteiger partial charge in [-0.25, -0.2) is 8.42 Å². The van der Waals surface area contributed by atoms with E-state index in [9.17, 15) is 8.42 Å². The van der Waals surface area contributed by atoms with E-state index >= 15 is 0 Å². The fraction of sp³-hybridized carbons (Fsp3) is 0.278. The zero-order valence-corrected chi connectivity index (χ0v) is 14.8. The van der Waals surface area contributed by atoms with E-state index in [1.807, 2.05) is 49.4 Å². The van der Waals surface area contributed by atoms with Gasteiger partial charge in [-0.3, -0.25) is 0 Å². The SMILES string of the molecule is Cc1ccc(C2=NN(S(C)(=O)=O)[C@H](c3ccc4c(c3)OCO4)C2)cc1. The number of ether oxygens (including phenoxy) is 2. The lowest BCUT2D eigenvalue weighted by molar-refractivity contribution is 0.174. The fourth-order valence-electron chi connectivity index (χ4n) is 3.08. The van der Waals surface area contributed by atoms with Crippen molar-refractivity contribution in [2.45, 2.75) is 19.4 Å². The standard InChI is InChI=1S/C18H18N2O4S/c1-12-3-5-13(6-4-12)15-10-16(20(19-15)25(2,21)22)14-7-8-17-18(9-14)24-11-23-17/h3-9,16H,10-11H2,1-2H3/t16-/m0/s1. The van der Waals surface area contributed by atoms with Crippen LogP contribution >= 0.6 is 0 Å². The summed E-state index contributed by atoms with van der Waals surface area (Å²) in [7, 11) is -3.49. The summed E-state index contributed by atoms with van der Waals surface area (Å²) in [5, 5.41) is 4.40. The van der Waals surface area contributed by atoms with Crippen molar-refractivity contribution < 1.29 is 17.9 Å². The number of fused-ring (bicyclic) bond motifs is 1. The second kappa shape index (κ2) is 5.77. The Balaban J connectivity index is 1.72. The summed E-state index contributed by atoms with van der Waals surface area (Å²) in [6.45, 7) is 2.20. The van der Waals surface area contributed by atoms with Gasteiger partial charge in [-0.15, -0.1) is 0 Å². The van der Waals surface area contributed by atoms with Gasteiger partial charge in [-0.2, -0.15) is 9.52 Å². The molecule has 0 fully saturated rings. The molecule has 2 aromatic carbocycles. The van der Waals surface area contributed by atoms with Gasteiger partial charge in [0.25, 0.3) is 0 Å². The largest absolute Gasteiger partial charge is 0.454 e. The maximum absolute atomic E-state index is 12.2. The third-order valence-electron chi connectivity index (χ3n) is 4.38. The summed E-state index contributed by atoms with van der Waals surface area (Å²) in [6, 6.07) is 13.0. The van der Waals surface area contributed by atoms with Crippen molar-refractivity contribution in [3.63, 3.8) is 0 Å². The van der Waals surface area contributed by atoms with Crippen molar-refractivity contribution >= 4 is 15.7 Å². The lowest BCUT2D eigenvalue weighted by Crippen LogP contribution is -2.25. The molecule has 6 nitrogen and oxygen atoms in total. The maximum atomic E-state index is 12.2. The molecule has 0 unspecified atom stereocenters. The molecule has 1 atom stereocenters. The highest BCUT2D eigenvalue weighted by Gasteiger charge is 2.35. The molecule has 0 bridgehead atoms. The van der Waals surface area contributed by atoms with Crippen LogP contribution in [0.2, 0.25) is 0 Å². The van der Waals surface area contributed by atoms with Gasteiger partial charge in [0, 0.05) is 6.42 Å². The predicted molar refractivity (Wildman–Crippen MR) is 94.3 cm³/mol. The van der Waals surface area contributed by atoms with Crippen LogP contribution in [0, 0.1) is 6.92 Å². The molecule has 0 aliphatic carbocycles. The molecule has 0 saturated carbocycles. The third-order valence-corrected chi connectivity index (χ3v) is 5.39. The highest BCUT2D eigenvalue weighted by Crippen LogP contribution is 2.40. The van der Waals surface area contributed by atoms with Gasteiger partial charge >= 0.3 is 0 Å². The van der Waals surface area contributed by atoms with Crippen molar-refractivity contribution in [1.82, 2.24) is 4.41 Å². The Morgan fingerprint density at radius 2 is 1.80 bits per heavy atom. The van der Waals surface area contributed by atoms with Crippen molar-refractivity contribution in [2.24, 2.45) is 5.10 Å². The Labute approximate surface area is 146 Å². The highest BCUT2D eigenvalue weighted by molar-refractivity contribution is 7.88. The first-order chi connectivity index (χ1) is 11.9. The molecule has 2 aromatic rings. The van der Waals surface area contributed by atoms with Crippen LogP contribution in [-0.2, 0) is 10.0 Å². The highest BCUT2D eigenvalue weighted by atomic mass is 32.2. The molecule has 0 saturated heterocycles.